The third-order valence-electron chi connectivity index (χ3n) is 6.02. The van der Waals surface area contributed by atoms with Crippen LogP contribution in [0.5, 0.6) is 0 Å². The quantitative estimate of drug-likeness (QED) is 0.360. The Labute approximate surface area is 202 Å². The first kappa shape index (κ1) is 25.5. The van der Waals surface area contributed by atoms with Gasteiger partial charge in [-0.1, -0.05) is 50.6 Å². The first-order valence-electron chi connectivity index (χ1n) is 11.5. The molecule has 5 N–H and O–H groups in total. The van der Waals surface area contributed by atoms with Gasteiger partial charge in [0.15, 0.2) is 0 Å². The Balaban J connectivity index is 1.94. The number of rotatable bonds is 10. The normalized spacial score (nSPS) is 17.4. The van der Waals surface area contributed by atoms with Crippen molar-refractivity contribution in [3.63, 3.8) is 0 Å². The molecule has 2 aromatic rings. The largest absolute Gasteiger partial charge is 0.383 e. The van der Waals surface area contributed by atoms with E-state index in [1.54, 1.807) is 13.8 Å². The summed E-state index contributed by atoms with van der Waals surface area (Å²) in [4.78, 5) is 66.8. The van der Waals surface area contributed by atoms with Gasteiger partial charge in [0.05, 0.1) is 6.54 Å². The number of nitrogens with one attached hydrogen (secondary N) is 3. The summed E-state index contributed by atoms with van der Waals surface area (Å²) in [5.74, 6) is -1.36. The van der Waals surface area contributed by atoms with E-state index in [1.165, 1.54) is 9.47 Å². The highest BCUT2D eigenvalue weighted by Gasteiger charge is 2.47. The minimum Gasteiger partial charge on any atom is -0.383 e. The summed E-state index contributed by atoms with van der Waals surface area (Å²) in [6.07, 6.45) is 1.81. The van der Waals surface area contributed by atoms with Gasteiger partial charge in [-0.15, -0.1) is 0 Å². The van der Waals surface area contributed by atoms with Crippen LogP contribution in [0.1, 0.15) is 45.6 Å². The molecule has 1 aliphatic heterocycles. The molecule has 0 spiro atoms. The number of aromatic nitrogens is 2. The Kier molecular flexibility index (Phi) is 7.62. The summed E-state index contributed by atoms with van der Waals surface area (Å²) in [5, 5.41) is 3.20. The lowest BCUT2D eigenvalue weighted by molar-refractivity contribution is -0.138. The van der Waals surface area contributed by atoms with Gasteiger partial charge in [-0.3, -0.25) is 29.4 Å². The van der Waals surface area contributed by atoms with Gasteiger partial charge in [0, 0.05) is 13.1 Å². The number of carbonyl (C=O) groups excluding carboxylic acids is 3. The summed E-state index contributed by atoms with van der Waals surface area (Å²) in [6, 6.07) is 8.32. The van der Waals surface area contributed by atoms with Crippen molar-refractivity contribution in [2.45, 2.75) is 58.7 Å². The Bertz CT molecular complexity index is 1220. The molecule has 1 atom stereocenters. The standard InChI is InChI=1S/C23H31N7O5/c1-4-6-12-29-18(24)17(19(32)25-21(29)34)28(13-15-10-8-7-9-11-15)14-16(31)27-30-20(33)23(3,5-2)26-22(30)35/h7-11H,4-6,12-14,24H2,1-3H3,(H,26,35)(H,27,31)(H,25,32,34). The number of hydrogen-bond donors (Lipinski definition) is 4. The highest BCUT2D eigenvalue weighted by molar-refractivity contribution is 6.07. The Morgan fingerprint density at radius 1 is 1.14 bits per heavy atom. The van der Waals surface area contributed by atoms with Gasteiger partial charge in [0.2, 0.25) is 0 Å². The van der Waals surface area contributed by atoms with E-state index in [1.807, 2.05) is 37.3 Å². The van der Waals surface area contributed by atoms with Crippen LogP contribution in [-0.4, -0.2) is 44.5 Å². The van der Waals surface area contributed by atoms with Crippen molar-refractivity contribution in [3.8, 4) is 0 Å². The molecule has 3 rings (SSSR count). The molecule has 0 saturated carbocycles. The average molecular weight is 486 g/mol. The number of hydrogen-bond acceptors (Lipinski definition) is 7. The molecule has 1 aliphatic rings. The third-order valence-corrected chi connectivity index (χ3v) is 6.02. The van der Waals surface area contributed by atoms with E-state index in [4.69, 9.17) is 5.73 Å². The number of benzene rings is 1. The maximum absolute atomic E-state index is 13.0. The number of imide groups is 1. The first-order valence-corrected chi connectivity index (χ1v) is 11.5. The molecule has 12 nitrogen and oxygen atoms in total. The minimum atomic E-state index is -1.12. The van der Waals surface area contributed by atoms with E-state index >= 15 is 0 Å². The van der Waals surface area contributed by atoms with Crippen molar-refractivity contribution in [2.75, 3.05) is 17.2 Å². The summed E-state index contributed by atoms with van der Waals surface area (Å²) < 4.78 is 1.26. The van der Waals surface area contributed by atoms with E-state index in [-0.39, 0.29) is 18.1 Å². The van der Waals surface area contributed by atoms with Crippen LogP contribution in [0.15, 0.2) is 39.9 Å². The SMILES string of the molecule is CCCCn1c(N)c(N(CC(=O)NN2C(=O)NC(C)(CC)C2=O)Cc2ccccc2)c(=O)[nH]c1=O. The first-order chi connectivity index (χ1) is 16.6. The third kappa shape index (κ3) is 5.36. The molecular formula is C23H31N7O5. The van der Waals surface area contributed by atoms with E-state index in [2.05, 4.69) is 15.7 Å². The second kappa shape index (κ2) is 10.5. The van der Waals surface area contributed by atoms with Gasteiger partial charge in [0.1, 0.15) is 17.0 Å². The molecule has 2 heterocycles. The van der Waals surface area contributed by atoms with Gasteiger partial charge in [-0.2, -0.15) is 5.01 Å². The summed E-state index contributed by atoms with van der Waals surface area (Å²) in [6.45, 7) is 5.27. The van der Waals surface area contributed by atoms with E-state index < -0.39 is 41.2 Å². The van der Waals surface area contributed by atoms with Gasteiger partial charge in [-0.05, 0) is 25.3 Å². The van der Waals surface area contributed by atoms with E-state index in [0.717, 1.165) is 12.0 Å². The molecule has 0 aliphatic carbocycles. The van der Waals surface area contributed by atoms with Crippen LogP contribution in [-0.2, 0) is 22.7 Å². The lowest BCUT2D eigenvalue weighted by Gasteiger charge is -2.27. The van der Waals surface area contributed by atoms with Crippen molar-refractivity contribution in [1.29, 1.82) is 0 Å². The van der Waals surface area contributed by atoms with Crippen molar-refractivity contribution < 1.29 is 14.4 Å². The number of nitrogens with zero attached hydrogens (tertiary/aromatic N) is 3. The topological polar surface area (TPSA) is 163 Å². The molecule has 1 unspecified atom stereocenters. The smallest absolute Gasteiger partial charge is 0.344 e. The summed E-state index contributed by atoms with van der Waals surface area (Å²) in [7, 11) is 0. The fourth-order valence-electron chi connectivity index (χ4n) is 3.80. The predicted molar refractivity (Wildman–Crippen MR) is 130 cm³/mol. The number of nitrogens with two attached hydrogens (primary N) is 1. The lowest BCUT2D eigenvalue weighted by atomic mass is 10.00. The van der Waals surface area contributed by atoms with Crippen molar-refractivity contribution in [2.24, 2.45) is 0 Å². The van der Waals surface area contributed by atoms with Crippen LogP contribution >= 0.6 is 0 Å². The zero-order chi connectivity index (χ0) is 25.8. The van der Waals surface area contributed by atoms with Crippen LogP contribution in [0.25, 0.3) is 0 Å². The van der Waals surface area contributed by atoms with Crippen LogP contribution in [0.2, 0.25) is 0 Å². The molecule has 35 heavy (non-hydrogen) atoms. The van der Waals surface area contributed by atoms with Crippen LogP contribution in [0.3, 0.4) is 0 Å². The number of urea groups is 1. The number of aromatic amines is 1. The highest BCUT2D eigenvalue weighted by Crippen LogP contribution is 2.21. The second-order valence-electron chi connectivity index (χ2n) is 8.63. The summed E-state index contributed by atoms with van der Waals surface area (Å²) >= 11 is 0. The number of H-pyrrole nitrogens is 1. The molecule has 188 valence electrons. The zero-order valence-corrected chi connectivity index (χ0v) is 20.1. The van der Waals surface area contributed by atoms with Crippen LogP contribution in [0, 0.1) is 0 Å². The zero-order valence-electron chi connectivity index (χ0n) is 20.1. The fraction of sp³-hybridized carbons (Fsp3) is 0.435. The molecular weight excluding hydrogens is 454 g/mol. The van der Waals surface area contributed by atoms with Crippen molar-refractivity contribution in [1.82, 2.24) is 25.3 Å². The lowest BCUT2D eigenvalue weighted by Crippen LogP contribution is -2.51. The highest BCUT2D eigenvalue weighted by atomic mass is 16.2. The number of anilines is 2. The molecule has 1 fully saturated rings. The second-order valence-corrected chi connectivity index (χ2v) is 8.63. The van der Waals surface area contributed by atoms with Gasteiger partial charge in [-0.25, -0.2) is 9.59 Å². The fourth-order valence-corrected chi connectivity index (χ4v) is 3.80. The van der Waals surface area contributed by atoms with E-state index in [9.17, 15) is 24.0 Å². The minimum absolute atomic E-state index is 0.0460. The number of nitrogen functional groups attached to an aromatic ring is 1. The predicted octanol–water partition coefficient (Wildman–Crippen LogP) is 0.677. The maximum Gasteiger partial charge on any atom is 0.344 e. The van der Waals surface area contributed by atoms with Crippen molar-refractivity contribution in [3.05, 3.63) is 56.7 Å². The van der Waals surface area contributed by atoms with E-state index in [0.29, 0.717) is 24.4 Å². The summed E-state index contributed by atoms with van der Waals surface area (Å²) in [5.41, 5.74) is 6.82. The number of unbranched alkanes of at least 4 members (excludes halogenated alkanes) is 1. The Morgan fingerprint density at radius 3 is 2.43 bits per heavy atom. The Hall–Kier alpha value is -4.09. The number of carbonyl (C=O) groups is 3. The molecule has 0 radical (unpaired) electrons. The molecule has 0 bridgehead atoms. The molecule has 1 aromatic heterocycles. The van der Waals surface area contributed by atoms with Gasteiger partial charge < -0.3 is 16.0 Å². The molecule has 1 saturated heterocycles. The number of amides is 4. The van der Waals surface area contributed by atoms with Crippen LogP contribution in [0.4, 0.5) is 16.3 Å². The molecule has 4 amide bonds. The van der Waals surface area contributed by atoms with Crippen LogP contribution < -0.4 is 32.6 Å². The monoisotopic (exact) mass is 485 g/mol. The average Bonchev–Trinajstić information content (AvgIpc) is 3.02. The van der Waals surface area contributed by atoms with Gasteiger partial charge in [0.25, 0.3) is 17.4 Å². The molecule has 1 aromatic carbocycles. The number of hydrazine groups is 1. The Morgan fingerprint density at radius 2 is 1.83 bits per heavy atom. The maximum atomic E-state index is 13.0. The van der Waals surface area contributed by atoms with Gasteiger partial charge >= 0.3 is 11.7 Å². The van der Waals surface area contributed by atoms with Crippen molar-refractivity contribution >= 4 is 29.4 Å². The molecule has 12 heteroatoms.